The average Bonchev–Trinajstić information content (AvgIpc) is 3.17. The molecule has 2 aliphatic rings. The van der Waals surface area contributed by atoms with Gasteiger partial charge in [-0.1, -0.05) is 0 Å². The third-order valence-electron chi connectivity index (χ3n) is 5.54. The number of nitrogens with one attached hydrogen (secondary N) is 2. The highest BCUT2D eigenvalue weighted by atomic mass is 32.2. The Balaban J connectivity index is 1.45. The van der Waals surface area contributed by atoms with Crippen LogP contribution in [0, 0.1) is 0 Å². The molecule has 0 saturated carbocycles. The van der Waals surface area contributed by atoms with Crippen molar-refractivity contribution in [3.8, 4) is 0 Å². The van der Waals surface area contributed by atoms with Crippen molar-refractivity contribution in [2.75, 3.05) is 18.8 Å². The Morgan fingerprint density at radius 3 is 2.93 bits per heavy atom. The molecule has 2 N–H and O–H groups in total. The molecule has 0 aromatic carbocycles. The van der Waals surface area contributed by atoms with E-state index in [9.17, 15) is 9.35 Å². The maximum Gasteiger partial charge on any atom is 0.261 e. The summed E-state index contributed by atoms with van der Waals surface area (Å²) in [6, 6.07) is 5.68. The van der Waals surface area contributed by atoms with Crippen LogP contribution in [0.2, 0.25) is 0 Å². The van der Waals surface area contributed by atoms with E-state index in [1.807, 2.05) is 25.1 Å². The first kappa shape index (κ1) is 20.8. The predicted molar refractivity (Wildman–Crippen MR) is 115 cm³/mol. The monoisotopic (exact) mass is 433 g/mol. The molecule has 1 amide bonds. The van der Waals surface area contributed by atoms with E-state index < -0.39 is 11.2 Å². The van der Waals surface area contributed by atoms with Crippen molar-refractivity contribution < 1.29 is 14.1 Å². The number of fused-ring (bicyclic) bond motifs is 2. The molecule has 2 aromatic heterocycles. The minimum Gasteiger partial charge on any atom is -0.611 e. The van der Waals surface area contributed by atoms with Gasteiger partial charge in [0, 0.05) is 4.88 Å². The molecule has 6 nitrogen and oxygen atoms in total. The quantitative estimate of drug-likeness (QED) is 0.708. The van der Waals surface area contributed by atoms with Gasteiger partial charge in [0.05, 0.1) is 29.4 Å². The molecule has 4 rings (SSSR count). The molecule has 1 fully saturated rings. The van der Waals surface area contributed by atoms with E-state index in [2.05, 4.69) is 22.5 Å². The number of amides is 1. The predicted octanol–water partition coefficient (Wildman–Crippen LogP) is 2.74. The molecule has 8 heteroatoms. The lowest BCUT2D eigenvalue weighted by molar-refractivity contribution is -0.117. The normalized spacial score (nSPS) is 21.6. The molecule has 2 atom stereocenters. The van der Waals surface area contributed by atoms with Crippen molar-refractivity contribution >= 4 is 28.4 Å². The lowest BCUT2D eigenvalue weighted by atomic mass is 9.84. The number of hydrogen-bond acceptors (Lipinski definition) is 6. The fraction of sp³-hybridized carbons (Fsp3) is 0.524. The van der Waals surface area contributed by atoms with Crippen molar-refractivity contribution in [3.63, 3.8) is 0 Å². The Hall–Kier alpha value is -1.45. The van der Waals surface area contributed by atoms with Gasteiger partial charge in [0.25, 0.3) is 5.91 Å². The van der Waals surface area contributed by atoms with Crippen LogP contribution in [0.3, 0.4) is 0 Å². The highest BCUT2D eigenvalue weighted by molar-refractivity contribution is 7.91. The molecule has 4 heterocycles. The zero-order chi connectivity index (χ0) is 20.4. The summed E-state index contributed by atoms with van der Waals surface area (Å²) in [6.45, 7) is 6.23. The molecule has 1 spiro atoms. The van der Waals surface area contributed by atoms with Gasteiger partial charge in [-0.15, -0.1) is 11.3 Å². The fourth-order valence-electron chi connectivity index (χ4n) is 4.12. The molecule has 156 valence electrons. The van der Waals surface area contributed by atoms with Crippen LogP contribution in [-0.4, -0.2) is 40.4 Å². The van der Waals surface area contributed by atoms with Crippen LogP contribution in [-0.2, 0) is 34.5 Å². The first-order chi connectivity index (χ1) is 14.0. The highest BCUT2D eigenvalue weighted by Gasteiger charge is 2.43. The molecule has 29 heavy (non-hydrogen) atoms. The minimum absolute atomic E-state index is 0.0795. The number of pyridine rings is 1. The van der Waals surface area contributed by atoms with Crippen molar-refractivity contribution in [1.82, 2.24) is 15.6 Å². The van der Waals surface area contributed by atoms with Crippen molar-refractivity contribution in [2.24, 2.45) is 0 Å². The number of nitrogens with zero attached hydrogens (tertiary/aromatic N) is 1. The number of hydrogen-bond donors (Lipinski definition) is 2. The molecule has 2 aromatic rings. The largest absolute Gasteiger partial charge is 0.611 e. The highest BCUT2D eigenvalue weighted by Crippen LogP contribution is 2.46. The first-order valence-corrected chi connectivity index (χ1v) is 12.3. The van der Waals surface area contributed by atoms with E-state index in [4.69, 9.17) is 4.74 Å². The molecule has 0 aliphatic carbocycles. The van der Waals surface area contributed by atoms with Crippen LogP contribution in [0.15, 0.2) is 29.3 Å². The lowest BCUT2D eigenvalue weighted by Crippen LogP contribution is -2.46. The maximum atomic E-state index is 12.8. The maximum absolute atomic E-state index is 12.8. The Bertz CT molecular complexity index is 863. The number of carbonyl (C=O) groups is 1. The van der Waals surface area contributed by atoms with Gasteiger partial charge < -0.3 is 19.9 Å². The number of aromatic nitrogens is 1. The third kappa shape index (κ3) is 4.36. The van der Waals surface area contributed by atoms with Crippen molar-refractivity contribution in [3.05, 3.63) is 45.4 Å². The van der Waals surface area contributed by atoms with Crippen molar-refractivity contribution in [2.45, 2.75) is 56.3 Å². The van der Waals surface area contributed by atoms with E-state index in [-0.39, 0.29) is 17.6 Å². The van der Waals surface area contributed by atoms with Crippen LogP contribution in [0.4, 0.5) is 0 Å². The van der Waals surface area contributed by atoms with E-state index in [1.165, 1.54) is 10.4 Å². The second-order valence-corrected chi connectivity index (χ2v) is 10.4. The van der Waals surface area contributed by atoms with Gasteiger partial charge in [0.2, 0.25) is 0 Å². The average molecular weight is 434 g/mol. The zero-order valence-corrected chi connectivity index (χ0v) is 18.5. The Labute approximate surface area is 178 Å². The Morgan fingerprint density at radius 2 is 2.24 bits per heavy atom. The number of piperidine rings is 1. The number of thiophene rings is 1. The third-order valence-corrected chi connectivity index (χ3v) is 8.20. The molecule has 2 aliphatic heterocycles. The van der Waals surface area contributed by atoms with E-state index in [0.717, 1.165) is 47.8 Å². The van der Waals surface area contributed by atoms with Gasteiger partial charge in [-0.05, 0) is 81.1 Å². The Morgan fingerprint density at radius 1 is 1.45 bits per heavy atom. The van der Waals surface area contributed by atoms with Gasteiger partial charge in [-0.2, -0.15) is 0 Å². The summed E-state index contributed by atoms with van der Waals surface area (Å²) < 4.78 is 18.2. The molecular formula is C21H27N3O3S2. The van der Waals surface area contributed by atoms with Gasteiger partial charge in [0.1, 0.15) is 11.4 Å². The minimum atomic E-state index is -1.01. The summed E-state index contributed by atoms with van der Waals surface area (Å²) in [7, 11) is 0. The zero-order valence-electron chi connectivity index (χ0n) is 16.8. The van der Waals surface area contributed by atoms with Gasteiger partial charge in [0.15, 0.2) is 4.90 Å². The summed E-state index contributed by atoms with van der Waals surface area (Å²) in [5.74, 6) is 0.491. The second kappa shape index (κ2) is 8.73. The van der Waals surface area contributed by atoms with Gasteiger partial charge >= 0.3 is 0 Å². The number of carbonyl (C=O) groups excluding carboxylic acids is 1. The van der Waals surface area contributed by atoms with Gasteiger partial charge in [-0.25, -0.2) is 0 Å². The topological polar surface area (TPSA) is 86.3 Å². The molecule has 0 radical (unpaired) electrons. The lowest BCUT2D eigenvalue weighted by Gasteiger charge is -2.43. The van der Waals surface area contributed by atoms with E-state index >= 15 is 0 Å². The second-order valence-electron chi connectivity index (χ2n) is 7.64. The van der Waals surface area contributed by atoms with Crippen LogP contribution >= 0.6 is 11.3 Å². The molecular weight excluding hydrogens is 406 g/mol. The molecule has 0 bridgehead atoms. The summed E-state index contributed by atoms with van der Waals surface area (Å²) >= 11 is 0.560. The van der Waals surface area contributed by atoms with E-state index in [0.29, 0.717) is 12.3 Å². The van der Waals surface area contributed by atoms with Crippen LogP contribution in [0.5, 0.6) is 0 Å². The van der Waals surface area contributed by atoms with Crippen LogP contribution in [0.25, 0.3) is 0 Å². The number of rotatable bonds is 5. The SMILES string of the molecule is CC[S+]([O-])c1ccc(CNC(=O)c2cc3c(s2)C2(CCNCC2)O[C@@H](C)C3)nc1. The van der Waals surface area contributed by atoms with Crippen LogP contribution < -0.4 is 10.6 Å². The molecule has 1 unspecified atom stereocenters. The molecule has 1 saturated heterocycles. The number of ether oxygens (including phenoxy) is 1. The van der Waals surface area contributed by atoms with Crippen molar-refractivity contribution in [1.29, 1.82) is 0 Å². The van der Waals surface area contributed by atoms with Gasteiger partial charge in [-0.3, -0.25) is 9.78 Å². The standard InChI is InChI=1S/C21H27N3O3S2/c1-3-29(26)17-5-4-16(23-13-17)12-24-20(25)18-11-15-10-14(2)27-21(19(15)28-18)6-8-22-9-7-21/h4-5,11,13-14,22H,3,6-10,12H2,1-2H3,(H,24,25)/t14-,29?/m0/s1. The smallest absolute Gasteiger partial charge is 0.261 e. The van der Waals surface area contributed by atoms with Crippen LogP contribution in [0.1, 0.15) is 52.5 Å². The summed E-state index contributed by atoms with van der Waals surface area (Å²) in [6.07, 6.45) is 4.54. The Kier molecular flexibility index (Phi) is 6.27. The summed E-state index contributed by atoms with van der Waals surface area (Å²) in [5.41, 5.74) is 1.77. The fourth-order valence-corrected chi connectivity index (χ4v) is 6.14. The summed E-state index contributed by atoms with van der Waals surface area (Å²) in [5, 5.41) is 6.37. The summed E-state index contributed by atoms with van der Waals surface area (Å²) in [4.78, 5) is 19.8. The van der Waals surface area contributed by atoms with E-state index in [1.54, 1.807) is 17.5 Å². The first-order valence-electron chi connectivity index (χ1n) is 10.1.